The number of ether oxygens (including phenoxy) is 2. The van der Waals surface area contributed by atoms with Crippen molar-refractivity contribution >= 4 is 12.2 Å². The number of rotatable bonds is 2. The van der Waals surface area contributed by atoms with Crippen molar-refractivity contribution in [1.82, 2.24) is 10.2 Å². The summed E-state index contributed by atoms with van der Waals surface area (Å²) in [6, 6.07) is -0.935. The number of alkyl carbamates (subject to hydrolysis) is 1. The summed E-state index contributed by atoms with van der Waals surface area (Å²) in [5, 5.41) is 11.9. The largest absolute Gasteiger partial charge is 0.444 e. The Morgan fingerprint density at radius 3 is 2.30 bits per heavy atom. The molecule has 7 nitrogen and oxygen atoms in total. The van der Waals surface area contributed by atoms with Crippen molar-refractivity contribution in [2.75, 3.05) is 13.1 Å². The molecule has 2 amide bonds. The normalized spacial score (nSPS) is 23.4. The fourth-order valence-corrected chi connectivity index (χ4v) is 1.82. The van der Waals surface area contributed by atoms with Crippen molar-refractivity contribution in [3.05, 3.63) is 0 Å². The first-order valence-corrected chi connectivity index (χ1v) is 6.99. The van der Waals surface area contributed by atoms with Crippen LogP contribution >= 0.6 is 0 Å². The Balaban J connectivity index is 2.53. The van der Waals surface area contributed by atoms with Crippen LogP contribution in [-0.2, 0) is 9.47 Å². The van der Waals surface area contributed by atoms with Crippen LogP contribution in [0.2, 0.25) is 0 Å². The van der Waals surface area contributed by atoms with E-state index in [-0.39, 0.29) is 13.1 Å². The minimum absolute atomic E-state index is 0.0917. The maximum Gasteiger partial charge on any atom is 0.425 e. The number of nitrogens with one attached hydrogen (secondary N) is 1. The summed E-state index contributed by atoms with van der Waals surface area (Å²) in [7, 11) is 0. The quantitative estimate of drug-likeness (QED) is 0.797. The third kappa shape index (κ3) is 6.12. The third-order valence-corrected chi connectivity index (χ3v) is 2.99. The van der Waals surface area contributed by atoms with Crippen LogP contribution in [0.4, 0.5) is 22.8 Å². The Kier molecular flexibility index (Phi) is 5.73. The molecule has 0 aromatic carbocycles. The fraction of sp³-hybridized carbons (Fsp3) is 0.846. The van der Waals surface area contributed by atoms with Gasteiger partial charge in [0.15, 0.2) is 6.10 Å². The van der Waals surface area contributed by atoms with E-state index in [4.69, 9.17) is 4.74 Å². The summed E-state index contributed by atoms with van der Waals surface area (Å²) in [5.41, 5.74) is -0.728. The van der Waals surface area contributed by atoms with Gasteiger partial charge in [-0.2, -0.15) is 13.2 Å². The number of likely N-dealkylation sites (tertiary alicyclic amines) is 1. The lowest BCUT2D eigenvalue weighted by Crippen LogP contribution is -2.45. The van der Waals surface area contributed by atoms with Gasteiger partial charge in [-0.1, -0.05) is 0 Å². The fourth-order valence-electron chi connectivity index (χ4n) is 1.82. The molecule has 0 aromatic rings. The maximum absolute atomic E-state index is 12.3. The predicted octanol–water partition coefficient (Wildman–Crippen LogP) is 1.64. The summed E-state index contributed by atoms with van der Waals surface area (Å²) in [6.07, 6.45) is -10.1. The zero-order chi connectivity index (χ0) is 18.0. The van der Waals surface area contributed by atoms with Gasteiger partial charge in [0.2, 0.25) is 0 Å². The lowest BCUT2D eigenvalue weighted by atomic mass is 10.2. The topological polar surface area (TPSA) is 88.1 Å². The highest BCUT2D eigenvalue weighted by atomic mass is 19.4. The molecule has 1 heterocycles. The molecular formula is C13H21F3N2O5. The second-order valence-corrected chi connectivity index (χ2v) is 6.29. The van der Waals surface area contributed by atoms with E-state index in [2.05, 4.69) is 10.1 Å². The van der Waals surface area contributed by atoms with Crippen LogP contribution < -0.4 is 5.32 Å². The van der Waals surface area contributed by atoms with Crippen LogP contribution in [0.5, 0.6) is 0 Å². The van der Waals surface area contributed by atoms with Crippen molar-refractivity contribution in [3.63, 3.8) is 0 Å². The molecule has 0 radical (unpaired) electrons. The monoisotopic (exact) mass is 342 g/mol. The molecule has 0 bridgehead atoms. The van der Waals surface area contributed by atoms with Gasteiger partial charge in [0.05, 0.1) is 18.7 Å². The van der Waals surface area contributed by atoms with Crippen LogP contribution in [0.3, 0.4) is 0 Å². The Morgan fingerprint density at radius 2 is 1.83 bits per heavy atom. The number of alkyl halides is 3. The minimum Gasteiger partial charge on any atom is -0.444 e. The van der Waals surface area contributed by atoms with Crippen molar-refractivity contribution in [1.29, 1.82) is 0 Å². The number of β-amino-alcohol motifs (C(OH)–C–C–N with tert-alkyl or cyclic N) is 1. The van der Waals surface area contributed by atoms with Crippen LogP contribution in [0, 0.1) is 0 Å². The van der Waals surface area contributed by atoms with Gasteiger partial charge in [-0.25, -0.2) is 9.59 Å². The number of hydrogen-bond donors (Lipinski definition) is 2. The second kappa shape index (κ2) is 6.81. The molecule has 2 N–H and O–H groups in total. The average molecular weight is 342 g/mol. The molecule has 0 aliphatic carbocycles. The first-order chi connectivity index (χ1) is 10.3. The zero-order valence-corrected chi connectivity index (χ0v) is 13.3. The van der Waals surface area contributed by atoms with Gasteiger partial charge in [0.1, 0.15) is 5.60 Å². The third-order valence-electron chi connectivity index (χ3n) is 2.99. The number of amides is 2. The number of hydrogen-bond acceptors (Lipinski definition) is 5. The Labute approximate surface area is 131 Å². The van der Waals surface area contributed by atoms with E-state index >= 15 is 0 Å². The highest BCUT2D eigenvalue weighted by Gasteiger charge is 2.41. The maximum atomic E-state index is 12.3. The van der Waals surface area contributed by atoms with Gasteiger partial charge in [-0.15, -0.1) is 0 Å². The summed E-state index contributed by atoms with van der Waals surface area (Å²) in [6.45, 7) is 5.51. The van der Waals surface area contributed by atoms with Crippen molar-refractivity contribution in [2.24, 2.45) is 0 Å². The summed E-state index contributed by atoms with van der Waals surface area (Å²) in [4.78, 5) is 24.4. The number of aliphatic hydroxyl groups excluding tert-OH is 1. The molecule has 1 saturated heterocycles. The standard InChI is InChI=1S/C13H21F3N2O5/c1-7(13(14,15)16)22-10(20)17-8-5-18(6-9(8)19)11(21)23-12(2,3)4/h7-9,19H,5-6H2,1-4H3,(H,17,20)/t7-,8+,9+/m0/s1. The lowest BCUT2D eigenvalue weighted by molar-refractivity contribution is -0.197. The van der Waals surface area contributed by atoms with Crippen LogP contribution in [0.25, 0.3) is 0 Å². The minimum atomic E-state index is -4.67. The average Bonchev–Trinajstić information content (AvgIpc) is 2.67. The van der Waals surface area contributed by atoms with E-state index in [1.54, 1.807) is 20.8 Å². The van der Waals surface area contributed by atoms with E-state index in [0.29, 0.717) is 6.92 Å². The molecular weight excluding hydrogens is 321 g/mol. The smallest absolute Gasteiger partial charge is 0.425 e. The first kappa shape index (κ1) is 19.3. The molecule has 134 valence electrons. The van der Waals surface area contributed by atoms with Gasteiger partial charge in [-0.05, 0) is 27.7 Å². The molecule has 0 unspecified atom stereocenters. The van der Waals surface area contributed by atoms with Gasteiger partial charge < -0.3 is 24.8 Å². The van der Waals surface area contributed by atoms with Crippen molar-refractivity contribution in [3.8, 4) is 0 Å². The first-order valence-electron chi connectivity index (χ1n) is 6.99. The summed E-state index contributed by atoms with van der Waals surface area (Å²) < 4.78 is 46.2. The predicted molar refractivity (Wildman–Crippen MR) is 72.7 cm³/mol. The molecule has 0 aromatic heterocycles. The number of nitrogens with zero attached hydrogens (tertiary/aromatic N) is 1. The molecule has 1 aliphatic rings. The lowest BCUT2D eigenvalue weighted by Gasteiger charge is -2.24. The molecule has 0 saturated carbocycles. The van der Waals surface area contributed by atoms with E-state index in [0.717, 1.165) is 4.90 Å². The van der Waals surface area contributed by atoms with E-state index in [9.17, 15) is 27.9 Å². The van der Waals surface area contributed by atoms with Gasteiger partial charge >= 0.3 is 18.4 Å². The van der Waals surface area contributed by atoms with E-state index in [1.807, 2.05) is 0 Å². The van der Waals surface area contributed by atoms with Crippen LogP contribution in [0.1, 0.15) is 27.7 Å². The zero-order valence-electron chi connectivity index (χ0n) is 13.3. The van der Waals surface area contributed by atoms with Crippen LogP contribution in [-0.4, -0.2) is 65.3 Å². The number of aliphatic hydroxyl groups is 1. The molecule has 23 heavy (non-hydrogen) atoms. The molecule has 1 rings (SSSR count). The van der Waals surface area contributed by atoms with E-state index in [1.165, 1.54) is 0 Å². The SMILES string of the molecule is C[C@H](OC(=O)N[C@@H]1CN(C(=O)OC(C)(C)C)C[C@H]1O)C(F)(F)F. The summed E-state index contributed by atoms with van der Waals surface area (Å²) >= 11 is 0. The van der Waals surface area contributed by atoms with Crippen LogP contribution in [0.15, 0.2) is 0 Å². The Morgan fingerprint density at radius 1 is 1.26 bits per heavy atom. The van der Waals surface area contributed by atoms with Crippen molar-refractivity contribution < 1.29 is 37.3 Å². The van der Waals surface area contributed by atoms with Gasteiger partial charge in [-0.3, -0.25) is 0 Å². The molecule has 10 heteroatoms. The van der Waals surface area contributed by atoms with Crippen molar-refractivity contribution in [2.45, 2.75) is 57.7 Å². The Hall–Kier alpha value is -1.71. The highest BCUT2D eigenvalue weighted by Crippen LogP contribution is 2.22. The number of halogens is 3. The number of carbonyl (C=O) groups is 2. The molecule has 0 spiro atoms. The molecule has 1 fully saturated rings. The Bertz CT molecular complexity index is 450. The van der Waals surface area contributed by atoms with E-state index < -0.39 is 42.2 Å². The molecule has 1 aliphatic heterocycles. The second-order valence-electron chi connectivity index (χ2n) is 6.29. The highest BCUT2D eigenvalue weighted by molar-refractivity contribution is 5.70. The number of carbonyl (C=O) groups excluding carboxylic acids is 2. The molecule has 3 atom stereocenters. The van der Waals surface area contributed by atoms with Gasteiger partial charge in [0.25, 0.3) is 0 Å². The summed E-state index contributed by atoms with van der Waals surface area (Å²) in [5.74, 6) is 0. The van der Waals surface area contributed by atoms with Gasteiger partial charge in [0, 0.05) is 6.54 Å².